The summed E-state index contributed by atoms with van der Waals surface area (Å²) >= 11 is 0. The summed E-state index contributed by atoms with van der Waals surface area (Å²) in [5, 5.41) is 0. The van der Waals surface area contributed by atoms with Crippen LogP contribution in [0, 0.1) is 6.92 Å². The van der Waals surface area contributed by atoms with Crippen LogP contribution in [0.15, 0.2) is 35.3 Å². The van der Waals surface area contributed by atoms with E-state index in [0.717, 1.165) is 61.1 Å². The van der Waals surface area contributed by atoms with E-state index in [-0.39, 0.29) is 5.56 Å². The predicted octanol–water partition coefficient (Wildman–Crippen LogP) is 3.38. The molecule has 7 heteroatoms. The molecule has 3 heterocycles. The largest absolute Gasteiger partial charge is 0.383 e. The fourth-order valence-electron chi connectivity index (χ4n) is 4.40. The number of pyridine rings is 1. The van der Waals surface area contributed by atoms with E-state index in [1.807, 2.05) is 33.2 Å². The molecule has 0 N–H and O–H groups in total. The fraction of sp³-hybridized carbons (Fsp3) is 0.478. The Bertz CT molecular complexity index is 1070. The third-order valence-electron chi connectivity index (χ3n) is 6.00. The first kappa shape index (κ1) is 21.0. The van der Waals surface area contributed by atoms with Gasteiger partial charge in [-0.2, -0.15) is 0 Å². The number of hydrogen-bond acceptors (Lipinski definition) is 4. The molecule has 0 spiro atoms. The number of benzene rings is 1. The zero-order valence-electron chi connectivity index (χ0n) is 18.4. The standard InChI is InChI=1S/C23H31N3O3Si/c1-5-28-15-30(4)26-21-13-18(19-12-16(2)23(27)25(3)14-19)6-7-20(21)24-22(26)17-8-10-29-11-9-17/h6-7,12-14,17,30H,5,8-11,15H2,1-4H3/t30-/m0/s1. The molecule has 0 amide bonds. The first-order valence-electron chi connectivity index (χ1n) is 10.8. The van der Waals surface area contributed by atoms with Gasteiger partial charge in [-0.3, -0.25) is 4.79 Å². The normalized spacial score (nSPS) is 16.3. The van der Waals surface area contributed by atoms with Crippen molar-refractivity contribution in [3.63, 3.8) is 0 Å². The van der Waals surface area contributed by atoms with Gasteiger partial charge in [0.15, 0.2) is 8.96 Å². The Morgan fingerprint density at radius 2 is 2.00 bits per heavy atom. The van der Waals surface area contributed by atoms with E-state index in [0.29, 0.717) is 5.92 Å². The molecule has 0 radical (unpaired) electrons. The Labute approximate surface area is 179 Å². The number of imidazole rings is 1. The Morgan fingerprint density at radius 1 is 1.23 bits per heavy atom. The van der Waals surface area contributed by atoms with Gasteiger partial charge in [-0.1, -0.05) is 12.6 Å². The summed E-state index contributed by atoms with van der Waals surface area (Å²) in [4.78, 5) is 17.2. The van der Waals surface area contributed by atoms with Crippen LogP contribution in [0.4, 0.5) is 0 Å². The molecule has 2 aromatic heterocycles. The first-order chi connectivity index (χ1) is 14.5. The maximum atomic E-state index is 12.1. The van der Waals surface area contributed by atoms with Crippen LogP contribution < -0.4 is 5.56 Å². The lowest BCUT2D eigenvalue weighted by atomic mass is 10.00. The summed E-state index contributed by atoms with van der Waals surface area (Å²) in [5.41, 5.74) is 5.18. The van der Waals surface area contributed by atoms with Crippen molar-refractivity contribution in [2.24, 2.45) is 7.05 Å². The van der Waals surface area contributed by atoms with Gasteiger partial charge in [0.05, 0.1) is 17.3 Å². The molecule has 1 aromatic carbocycles. The molecule has 1 saturated heterocycles. The van der Waals surface area contributed by atoms with Crippen molar-refractivity contribution >= 4 is 20.0 Å². The van der Waals surface area contributed by atoms with Crippen molar-refractivity contribution in [1.82, 2.24) is 13.8 Å². The lowest BCUT2D eigenvalue weighted by molar-refractivity contribution is 0.0835. The highest BCUT2D eigenvalue weighted by Gasteiger charge is 2.25. The average molecular weight is 426 g/mol. The Kier molecular flexibility index (Phi) is 6.22. The van der Waals surface area contributed by atoms with Gasteiger partial charge in [-0.25, -0.2) is 4.98 Å². The lowest BCUT2D eigenvalue weighted by Crippen LogP contribution is -2.31. The van der Waals surface area contributed by atoms with Crippen molar-refractivity contribution in [1.29, 1.82) is 0 Å². The summed E-state index contributed by atoms with van der Waals surface area (Å²) in [6.07, 6.45) is 4.75. The molecule has 30 heavy (non-hydrogen) atoms. The fourth-order valence-corrected chi connectivity index (χ4v) is 6.52. The minimum Gasteiger partial charge on any atom is -0.383 e. The molecule has 160 valence electrons. The minimum absolute atomic E-state index is 0.0458. The van der Waals surface area contributed by atoms with Gasteiger partial charge in [0.1, 0.15) is 5.82 Å². The monoisotopic (exact) mass is 425 g/mol. The zero-order valence-corrected chi connectivity index (χ0v) is 19.5. The van der Waals surface area contributed by atoms with Gasteiger partial charge < -0.3 is 18.3 Å². The molecule has 3 aromatic rings. The highest BCUT2D eigenvalue weighted by molar-refractivity contribution is 6.56. The van der Waals surface area contributed by atoms with Crippen LogP contribution >= 0.6 is 0 Å². The number of aromatic nitrogens is 3. The molecule has 0 aliphatic carbocycles. The summed E-state index contributed by atoms with van der Waals surface area (Å²) in [6.45, 7) is 8.60. The minimum atomic E-state index is -1.40. The van der Waals surface area contributed by atoms with E-state index in [1.165, 1.54) is 11.3 Å². The molecule has 4 rings (SSSR count). The van der Waals surface area contributed by atoms with Gasteiger partial charge in [-0.05, 0) is 56.0 Å². The predicted molar refractivity (Wildman–Crippen MR) is 123 cm³/mol. The van der Waals surface area contributed by atoms with Crippen LogP contribution in [0.3, 0.4) is 0 Å². The number of fused-ring (bicyclic) bond motifs is 1. The smallest absolute Gasteiger partial charge is 0.253 e. The number of ether oxygens (including phenoxy) is 2. The number of aryl methyl sites for hydroxylation is 2. The van der Waals surface area contributed by atoms with Gasteiger partial charge >= 0.3 is 0 Å². The van der Waals surface area contributed by atoms with Gasteiger partial charge in [0, 0.05) is 44.5 Å². The topological polar surface area (TPSA) is 58.3 Å². The first-order valence-corrected chi connectivity index (χ1v) is 13.3. The maximum absolute atomic E-state index is 12.1. The molecule has 1 fully saturated rings. The third kappa shape index (κ3) is 4.02. The Balaban J connectivity index is 1.84. The van der Waals surface area contributed by atoms with Gasteiger partial charge in [-0.15, -0.1) is 0 Å². The highest BCUT2D eigenvalue weighted by atomic mass is 28.3. The van der Waals surface area contributed by atoms with Crippen molar-refractivity contribution in [3.05, 3.63) is 52.2 Å². The van der Waals surface area contributed by atoms with Crippen molar-refractivity contribution in [2.45, 2.75) is 39.2 Å². The van der Waals surface area contributed by atoms with Crippen LogP contribution in [0.25, 0.3) is 22.2 Å². The quantitative estimate of drug-likeness (QED) is 0.568. The second kappa shape index (κ2) is 8.87. The second-order valence-electron chi connectivity index (χ2n) is 8.27. The van der Waals surface area contributed by atoms with E-state index in [9.17, 15) is 4.79 Å². The summed E-state index contributed by atoms with van der Waals surface area (Å²) in [6, 6.07) is 8.44. The maximum Gasteiger partial charge on any atom is 0.253 e. The summed E-state index contributed by atoms with van der Waals surface area (Å²) in [5.74, 6) is 1.63. The number of hydrogen-bond donors (Lipinski definition) is 0. The van der Waals surface area contributed by atoms with Crippen molar-refractivity contribution < 1.29 is 9.47 Å². The van der Waals surface area contributed by atoms with Crippen LogP contribution in [-0.4, -0.2) is 48.8 Å². The second-order valence-corrected chi connectivity index (χ2v) is 10.8. The van der Waals surface area contributed by atoms with E-state index in [1.54, 1.807) is 4.57 Å². The Morgan fingerprint density at radius 3 is 2.70 bits per heavy atom. The molecule has 0 saturated carbocycles. The molecular weight excluding hydrogens is 394 g/mol. The molecule has 1 aliphatic heterocycles. The number of nitrogens with zero attached hydrogens (tertiary/aromatic N) is 3. The third-order valence-corrected chi connectivity index (χ3v) is 8.15. The molecule has 0 bridgehead atoms. The van der Waals surface area contributed by atoms with E-state index >= 15 is 0 Å². The summed E-state index contributed by atoms with van der Waals surface area (Å²) < 4.78 is 15.6. The average Bonchev–Trinajstić information content (AvgIpc) is 3.15. The molecule has 6 nitrogen and oxygen atoms in total. The molecule has 0 unspecified atom stereocenters. The van der Waals surface area contributed by atoms with Crippen molar-refractivity contribution in [2.75, 3.05) is 26.1 Å². The highest BCUT2D eigenvalue weighted by Crippen LogP contribution is 2.32. The summed E-state index contributed by atoms with van der Waals surface area (Å²) in [7, 11) is 0.411. The van der Waals surface area contributed by atoms with Gasteiger partial charge in [0.2, 0.25) is 0 Å². The molecule has 1 atom stereocenters. The number of rotatable bonds is 6. The van der Waals surface area contributed by atoms with E-state index in [4.69, 9.17) is 14.5 Å². The van der Waals surface area contributed by atoms with E-state index < -0.39 is 8.96 Å². The SMILES string of the molecule is CCOC[Si@H](C)n1c(C2CCOCC2)nc2ccc(-c3cc(C)c(=O)n(C)c3)cc21. The van der Waals surface area contributed by atoms with Crippen molar-refractivity contribution in [3.8, 4) is 11.1 Å². The molecule has 1 aliphatic rings. The lowest BCUT2D eigenvalue weighted by Gasteiger charge is -2.25. The van der Waals surface area contributed by atoms with Crippen LogP contribution in [-0.2, 0) is 16.5 Å². The van der Waals surface area contributed by atoms with Crippen LogP contribution in [0.2, 0.25) is 6.55 Å². The van der Waals surface area contributed by atoms with E-state index in [2.05, 4.69) is 29.0 Å². The van der Waals surface area contributed by atoms with Crippen LogP contribution in [0.1, 0.15) is 37.1 Å². The van der Waals surface area contributed by atoms with Crippen LogP contribution in [0.5, 0.6) is 0 Å². The van der Waals surface area contributed by atoms with Gasteiger partial charge in [0.25, 0.3) is 5.56 Å². The zero-order chi connectivity index (χ0) is 21.3. The molecular formula is C23H31N3O3Si. The Hall–Kier alpha value is -2.22.